The van der Waals surface area contributed by atoms with Crippen molar-refractivity contribution in [2.45, 2.75) is 129 Å². The SMILES string of the molecule is CC(C)[C@H](NC(=O)C(Cc1ccc(-c2ccncc2)cc1)CC(O[Si](C)(C)C(C)(C)C)C(Cc1ccccc1)NC(=O)OC(C)(C)C)C(=O)N1CCC(=O)CC1. The number of amides is 3. The van der Waals surface area contributed by atoms with Gasteiger partial charge in [-0.3, -0.25) is 19.4 Å². The van der Waals surface area contributed by atoms with Crippen molar-refractivity contribution in [3.05, 3.63) is 90.3 Å². The first-order valence-corrected chi connectivity index (χ1v) is 22.9. The van der Waals surface area contributed by atoms with E-state index in [9.17, 15) is 19.2 Å². The Morgan fingerprint density at radius 1 is 0.804 bits per heavy atom. The van der Waals surface area contributed by atoms with Gasteiger partial charge in [0.2, 0.25) is 11.8 Å². The normalized spacial score (nSPS) is 16.1. The average Bonchev–Trinajstić information content (AvgIpc) is 3.12. The van der Waals surface area contributed by atoms with Crippen molar-refractivity contribution in [1.82, 2.24) is 20.5 Å². The molecule has 1 saturated heterocycles. The summed E-state index contributed by atoms with van der Waals surface area (Å²) >= 11 is 0. The fourth-order valence-electron chi connectivity index (χ4n) is 6.64. The van der Waals surface area contributed by atoms with Gasteiger partial charge in [-0.05, 0) is 98.5 Å². The molecule has 2 N–H and O–H groups in total. The van der Waals surface area contributed by atoms with E-state index < -0.39 is 44.1 Å². The maximum atomic E-state index is 14.8. The third-order valence-electron chi connectivity index (χ3n) is 10.9. The van der Waals surface area contributed by atoms with Gasteiger partial charge in [-0.1, -0.05) is 89.2 Å². The molecule has 11 heteroatoms. The molecule has 1 aliphatic rings. The number of nitrogens with zero attached hydrogens (tertiary/aromatic N) is 2. The lowest BCUT2D eigenvalue weighted by Crippen LogP contribution is -2.56. The van der Waals surface area contributed by atoms with Crippen LogP contribution in [0.3, 0.4) is 0 Å². The molecule has 1 aromatic heterocycles. The van der Waals surface area contributed by atoms with Crippen LogP contribution in [-0.4, -0.2) is 78.8 Å². The highest BCUT2D eigenvalue weighted by Crippen LogP contribution is 2.39. The van der Waals surface area contributed by atoms with E-state index in [4.69, 9.17) is 9.16 Å². The summed E-state index contributed by atoms with van der Waals surface area (Å²) in [5.74, 6) is -1.12. The van der Waals surface area contributed by atoms with E-state index in [0.717, 1.165) is 22.3 Å². The van der Waals surface area contributed by atoms with Crippen LogP contribution < -0.4 is 10.6 Å². The molecule has 0 aliphatic carbocycles. The van der Waals surface area contributed by atoms with Gasteiger partial charge in [0.05, 0.1) is 12.1 Å². The molecule has 3 amide bonds. The lowest BCUT2D eigenvalue weighted by molar-refractivity contribution is -0.141. The minimum absolute atomic E-state index is 0.145. The van der Waals surface area contributed by atoms with Crippen LogP contribution in [0.4, 0.5) is 4.79 Å². The summed E-state index contributed by atoms with van der Waals surface area (Å²) in [6, 6.07) is 20.7. The highest BCUT2D eigenvalue weighted by atomic mass is 28.4. The average molecular weight is 785 g/mol. The van der Waals surface area contributed by atoms with Gasteiger partial charge in [-0.2, -0.15) is 0 Å². The Bertz CT molecular complexity index is 1740. The predicted octanol–water partition coefficient (Wildman–Crippen LogP) is 8.16. The number of carbonyl (C=O) groups excluding carboxylic acids is 4. The molecule has 56 heavy (non-hydrogen) atoms. The van der Waals surface area contributed by atoms with Crippen LogP contribution in [0.25, 0.3) is 11.1 Å². The zero-order valence-electron chi connectivity index (χ0n) is 35.2. The monoisotopic (exact) mass is 784 g/mol. The molecule has 3 aromatic rings. The predicted molar refractivity (Wildman–Crippen MR) is 224 cm³/mol. The van der Waals surface area contributed by atoms with Crippen molar-refractivity contribution in [3.8, 4) is 11.1 Å². The number of aromatic nitrogens is 1. The van der Waals surface area contributed by atoms with Crippen molar-refractivity contribution >= 4 is 32.0 Å². The second-order valence-corrected chi connectivity index (χ2v) is 22.8. The highest BCUT2D eigenvalue weighted by Gasteiger charge is 2.43. The van der Waals surface area contributed by atoms with E-state index >= 15 is 0 Å². The van der Waals surface area contributed by atoms with Gasteiger partial charge in [0.25, 0.3) is 0 Å². The molecule has 4 rings (SSSR count). The van der Waals surface area contributed by atoms with E-state index in [0.29, 0.717) is 38.8 Å². The third kappa shape index (κ3) is 13.1. The zero-order chi connectivity index (χ0) is 41.3. The van der Waals surface area contributed by atoms with Crippen LogP contribution in [0.1, 0.15) is 85.8 Å². The molecule has 2 heterocycles. The van der Waals surface area contributed by atoms with Crippen molar-refractivity contribution < 1.29 is 28.3 Å². The minimum atomic E-state index is -2.50. The first-order chi connectivity index (χ1) is 26.2. The van der Waals surface area contributed by atoms with Gasteiger partial charge in [-0.15, -0.1) is 0 Å². The molecule has 1 fully saturated rings. The van der Waals surface area contributed by atoms with Gasteiger partial charge in [0.15, 0.2) is 8.32 Å². The molecule has 4 atom stereocenters. The van der Waals surface area contributed by atoms with E-state index in [1.165, 1.54) is 0 Å². The Morgan fingerprint density at radius 3 is 1.93 bits per heavy atom. The summed E-state index contributed by atoms with van der Waals surface area (Å²) in [7, 11) is -2.50. The van der Waals surface area contributed by atoms with Crippen LogP contribution in [0.5, 0.6) is 0 Å². The van der Waals surface area contributed by atoms with Gasteiger partial charge in [0.1, 0.15) is 17.4 Å². The molecular formula is C45H64N4O6Si. The molecule has 0 radical (unpaired) electrons. The number of hydrogen-bond acceptors (Lipinski definition) is 7. The van der Waals surface area contributed by atoms with E-state index in [-0.39, 0.29) is 35.0 Å². The van der Waals surface area contributed by atoms with Crippen molar-refractivity contribution in [2.75, 3.05) is 13.1 Å². The van der Waals surface area contributed by atoms with Gasteiger partial charge >= 0.3 is 6.09 Å². The number of likely N-dealkylation sites (tertiary alicyclic amines) is 1. The summed E-state index contributed by atoms with van der Waals surface area (Å²) < 4.78 is 13.0. The third-order valence-corrected chi connectivity index (χ3v) is 15.4. The number of benzene rings is 2. The van der Waals surface area contributed by atoms with Crippen molar-refractivity contribution in [3.63, 3.8) is 0 Å². The zero-order valence-corrected chi connectivity index (χ0v) is 36.2. The number of hydrogen-bond donors (Lipinski definition) is 2. The van der Waals surface area contributed by atoms with Crippen molar-refractivity contribution in [2.24, 2.45) is 11.8 Å². The highest BCUT2D eigenvalue weighted by molar-refractivity contribution is 6.74. The Labute approximate surface area is 335 Å². The number of Topliss-reactive ketones (excluding diaryl/α,β-unsaturated/α-hetero) is 1. The largest absolute Gasteiger partial charge is 0.444 e. The molecule has 1 aliphatic heterocycles. The standard InChI is InChI=1S/C45H64N4O6Si/c1-31(2)40(42(52)49-26-22-37(50)23-27-49)48-41(51)36(28-33-16-18-34(19-17-33)35-20-24-46-25-21-35)30-39(55-56(9,10)45(6,7)8)38(29-32-14-12-11-13-15-32)47-43(53)54-44(3,4)5/h11-21,24-25,31,36,38-40H,22-23,26-30H2,1-10H3,(H,47,53)(H,48,51)/t36?,38?,39?,40-/m0/s1. The van der Waals surface area contributed by atoms with E-state index in [1.807, 2.05) is 101 Å². The van der Waals surface area contributed by atoms with Gasteiger partial charge < -0.3 is 24.7 Å². The molecule has 0 bridgehead atoms. The van der Waals surface area contributed by atoms with E-state index in [1.54, 1.807) is 17.3 Å². The van der Waals surface area contributed by atoms with Crippen LogP contribution in [-0.2, 0) is 36.4 Å². The number of ether oxygens (including phenoxy) is 1. The summed E-state index contributed by atoms with van der Waals surface area (Å²) in [6.45, 7) is 20.9. The molecule has 10 nitrogen and oxygen atoms in total. The molecule has 3 unspecified atom stereocenters. The number of rotatable bonds is 15. The molecule has 0 spiro atoms. The topological polar surface area (TPSA) is 127 Å². The second-order valence-electron chi connectivity index (χ2n) is 18.0. The number of carbonyl (C=O) groups is 4. The van der Waals surface area contributed by atoms with Crippen LogP contribution in [0.15, 0.2) is 79.1 Å². The summed E-state index contributed by atoms with van der Waals surface area (Å²) in [4.78, 5) is 60.1. The second kappa shape index (κ2) is 19.2. The summed E-state index contributed by atoms with van der Waals surface area (Å²) in [6.07, 6.45) is 4.13. The quantitative estimate of drug-likeness (QED) is 0.149. The molecular weight excluding hydrogens is 721 g/mol. The minimum Gasteiger partial charge on any atom is -0.444 e. The number of piperidine rings is 1. The van der Waals surface area contributed by atoms with Crippen LogP contribution >= 0.6 is 0 Å². The number of nitrogens with one attached hydrogen (secondary N) is 2. The lowest BCUT2D eigenvalue weighted by atomic mass is 9.87. The van der Waals surface area contributed by atoms with Crippen molar-refractivity contribution in [1.29, 1.82) is 0 Å². The van der Waals surface area contributed by atoms with Crippen LogP contribution in [0, 0.1) is 11.8 Å². The summed E-state index contributed by atoms with van der Waals surface area (Å²) in [5.41, 5.74) is 3.32. The van der Waals surface area contributed by atoms with Gasteiger partial charge in [0, 0.05) is 44.2 Å². The fourth-order valence-corrected chi connectivity index (χ4v) is 8.01. The first kappa shape index (κ1) is 44.4. The molecule has 304 valence electrons. The number of ketones is 1. The Kier molecular flexibility index (Phi) is 15.2. The van der Waals surface area contributed by atoms with Crippen LogP contribution in [0.2, 0.25) is 18.1 Å². The number of alkyl carbamates (subject to hydrolysis) is 1. The van der Waals surface area contributed by atoms with E-state index in [2.05, 4.69) is 49.5 Å². The fraction of sp³-hybridized carbons (Fsp3) is 0.533. The smallest absolute Gasteiger partial charge is 0.407 e. The first-order valence-electron chi connectivity index (χ1n) is 20.0. The Balaban J connectivity index is 1.76. The maximum absolute atomic E-state index is 14.8. The molecule has 2 aromatic carbocycles. The Morgan fingerprint density at radius 2 is 1.38 bits per heavy atom. The number of pyridine rings is 1. The van der Waals surface area contributed by atoms with Gasteiger partial charge in [-0.25, -0.2) is 4.79 Å². The maximum Gasteiger partial charge on any atom is 0.407 e. The molecule has 0 saturated carbocycles. The summed E-state index contributed by atoms with van der Waals surface area (Å²) in [5, 5.41) is 6.16. The lowest BCUT2D eigenvalue weighted by Gasteiger charge is -2.42. The Hall–Kier alpha value is -4.35.